The molecular formula is C22H23N3OS. The molecule has 0 unspecified atom stereocenters. The summed E-state index contributed by atoms with van der Waals surface area (Å²) in [5, 5.41) is 12.2. The van der Waals surface area contributed by atoms with E-state index in [4.69, 9.17) is 0 Å². The monoisotopic (exact) mass is 377 g/mol. The molecule has 0 bridgehead atoms. The van der Waals surface area contributed by atoms with Crippen LogP contribution in [-0.4, -0.2) is 21.9 Å². The van der Waals surface area contributed by atoms with Crippen LogP contribution in [-0.2, 0) is 11.2 Å². The Morgan fingerprint density at radius 1 is 0.963 bits per heavy atom. The third kappa shape index (κ3) is 5.41. The molecule has 1 amide bonds. The number of rotatable bonds is 6. The summed E-state index contributed by atoms with van der Waals surface area (Å²) in [7, 11) is 0. The molecule has 1 aromatic heterocycles. The highest BCUT2D eigenvalue weighted by molar-refractivity contribution is 7.99. The van der Waals surface area contributed by atoms with E-state index in [2.05, 4.69) is 52.8 Å². The van der Waals surface area contributed by atoms with Gasteiger partial charge in [-0.2, -0.15) is 0 Å². The lowest BCUT2D eigenvalue weighted by Gasteiger charge is -2.07. The number of nitrogens with one attached hydrogen (secondary N) is 1. The summed E-state index contributed by atoms with van der Waals surface area (Å²) in [6.45, 7) is 6.17. The standard InChI is InChI=1S/C22H23N3OS/c1-4-17-5-7-18(8-6-17)20-9-10-22(25-24-20)27-14-21(26)23-19-12-15(2)11-16(3)13-19/h5-13H,4,14H2,1-3H3,(H,23,26). The number of anilines is 1. The number of amides is 1. The van der Waals surface area contributed by atoms with Crippen LogP contribution in [0.5, 0.6) is 0 Å². The minimum atomic E-state index is -0.0500. The lowest BCUT2D eigenvalue weighted by atomic mass is 10.1. The van der Waals surface area contributed by atoms with E-state index < -0.39 is 0 Å². The van der Waals surface area contributed by atoms with Crippen LogP contribution in [0.1, 0.15) is 23.6 Å². The van der Waals surface area contributed by atoms with E-state index in [1.165, 1.54) is 17.3 Å². The molecule has 0 aliphatic carbocycles. The molecule has 2 aromatic carbocycles. The molecule has 3 rings (SSSR count). The second kappa shape index (κ2) is 8.82. The van der Waals surface area contributed by atoms with Crippen molar-refractivity contribution in [2.75, 3.05) is 11.1 Å². The maximum Gasteiger partial charge on any atom is 0.234 e. The molecule has 0 aliphatic rings. The molecule has 1 heterocycles. The zero-order valence-electron chi connectivity index (χ0n) is 15.8. The van der Waals surface area contributed by atoms with Gasteiger partial charge in [-0.25, -0.2) is 0 Å². The predicted molar refractivity (Wildman–Crippen MR) is 112 cm³/mol. The van der Waals surface area contributed by atoms with E-state index >= 15 is 0 Å². The first-order chi connectivity index (χ1) is 13.0. The Bertz CT molecular complexity index is 901. The Morgan fingerprint density at radius 2 is 1.67 bits per heavy atom. The first kappa shape index (κ1) is 19.1. The Labute approximate surface area is 164 Å². The van der Waals surface area contributed by atoms with Crippen molar-refractivity contribution < 1.29 is 4.79 Å². The van der Waals surface area contributed by atoms with Gasteiger partial charge in [0.2, 0.25) is 5.91 Å². The smallest absolute Gasteiger partial charge is 0.234 e. The molecule has 0 aliphatic heterocycles. The highest BCUT2D eigenvalue weighted by Gasteiger charge is 2.07. The SMILES string of the molecule is CCc1ccc(-c2ccc(SCC(=O)Nc3cc(C)cc(C)c3)nn2)cc1. The molecule has 0 atom stereocenters. The number of carbonyl (C=O) groups excluding carboxylic acids is 1. The number of aromatic nitrogens is 2. The van der Waals surface area contributed by atoms with Crippen molar-refractivity contribution in [1.82, 2.24) is 10.2 Å². The molecule has 27 heavy (non-hydrogen) atoms. The van der Waals surface area contributed by atoms with Crippen molar-refractivity contribution in [3.63, 3.8) is 0 Å². The number of benzene rings is 2. The zero-order chi connectivity index (χ0) is 19.2. The van der Waals surface area contributed by atoms with E-state index in [1.54, 1.807) is 0 Å². The normalized spacial score (nSPS) is 10.6. The molecule has 0 spiro atoms. The summed E-state index contributed by atoms with van der Waals surface area (Å²) in [5.74, 6) is 0.248. The molecule has 0 saturated carbocycles. The molecule has 5 heteroatoms. The maximum absolute atomic E-state index is 12.2. The van der Waals surface area contributed by atoms with E-state index in [-0.39, 0.29) is 5.91 Å². The second-order valence-corrected chi connectivity index (χ2v) is 7.52. The highest BCUT2D eigenvalue weighted by atomic mass is 32.2. The van der Waals surface area contributed by atoms with Gasteiger partial charge in [0, 0.05) is 11.3 Å². The van der Waals surface area contributed by atoms with Crippen molar-refractivity contribution in [3.8, 4) is 11.3 Å². The van der Waals surface area contributed by atoms with Gasteiger partial charge in [0.25, 0.3) is 0 Å². The van der Waals surface area contributed by atoms with Gasteiger partial charge in [0.15, 0.2) is 0 Å². The molecule has 3 aromatic rings. The largest absolute Gasteiger partial charge is 0.325 e. The van der Waals surface area contributed by atoms with Crippen LogP contribution < -0.4 is 5.32 Å². The Hall–Kier alpha value is -2.66. The first-order valence-corrected chi connectivity index (χ1v) is 9.96. The maximum atomic E-state index is 12.2. The molecule has 0 radical (unpaired) electrons. The van der Waals surface area contributed by atoms with E-state index in [0.29, 0.717) is 5.75 Å². The van der Waals surface area contributed by atoms with Gasteiger partial charge in [-0.15, -0.1) is 10.2 Å². The summed E-state index contributed by atoms with van der Waals surface area (Å²) < 4.78 is 0. The number of nitrogens with zero attached hydrogens (tertiary/aromatic N) is 2. The predicted octanol–water partition coefficient (Wildman–Crippen LogP) is 5.05. The second-order valence-electron chi connectivity index (χ2n) is 6.52. The third-order valence-electron chi connectivity index (χ3n) is 4.15. The van der Waals surface area contributed by atoms with Gasteiger partial charge in [0.05, 0.1) is 11.4 Å². The minimum absolute atomic E-state index is 0.0500. The summed E-state index contributed by atoms with van der Waals surface area (Å²) in [5.41, 5.74) is 6.27. The van der Waals surface area contributed by atoms with Crippen molar-refractivity contribution in [2.45, 2.75) is 32.2 Å². The van der Waals surface area contributed by atoms with E-state index in [9.17, 15) is 4.79 Å². The quantitative estimate of drug-likeness (QED) is 0.611. The topological polar surface area (TPSA) is 54.9 Å². The number of thioether (sulfide) groups is 1. The van der Waals surface area contributed by atoms with Gasteiger partial charge in [-0.3, -0.25) is 4.79 Å². The van der Waals surface area contributed by atoms with Crippen molar-refractivity contribution in [3.05, 3.63) is 71.3 Å². The van der Waals surface area contributed by atoms with Crippen LogP contribution in [0, 0.1) is 13.8 Å². The Kier molecular flexibility index (Phi) is 6.24. The molecule has 0 fully saturated rings. The van der Waals surface area contributed by atoms with Crippen LogP contribution in [0.2, 0.25) is 0 Å². The molecule has 0 saturated heterocycles. The van der Waals surface area contributed by atoms with Gasteiger partial charge >= 0.3 is 0 Å². The van der Waals surface area contributed by atoms with Crippen LogP contribution >= 0.6 is 11.8 Å². The molecule has 138 valence electrons. The zero-order valence-corrected chi connectivity index (χ0v) is 16.6. The van der Waals surface area contributed by atoms with Crippen molar-refractivity contribution in [2.24, 2.45) is 0 Å². The number of aryl methyl sites for hydroxylation is 3. The fraction of sp³-hybridized carbons (Fsp3) is 0.227. The number of hydrogen-bond donors (Lipinski definition) is 1. The Morgan fingerprint density at radius 3 is 2.26 bits per heavy atom. The Balaban J connectivity index is 1.57. The molecule has 1 N–H and O–H groups in total. The average Bonchev–Trinajstić information content (AvgIpc) is 2.66. The highest BCUT2D eigenvalue weighted by Crippen LogP contribution is 2.21. The van der Waals surface area contributed by atoms with Crippen LogP contribution in [0.25, 0.3) is 11.3 Å². The summed E-state index contributed by atoms with van der Waals surface area (Å²) in [6.07, 6.45) is 1.02. The fourth-order valence-corrected chi connectivity index (χ4v) is 3.46. The van der Waals surface area contributed by atoms with Crippen molar-refractivity contribution >= 4 is 23.4 Å². The van der Waals surface area contributed by atoms with Crippen LogP contribution in [0.4, 0.5) is 5.69 Å². The van der Waals surface area contributed by atoms with Crippen LogP contribution in [0.15, 0.2) is 59.6 Å². The number of carbonyl (C=O) groups is 1. The first-order valence-electron chi connectivity index (χ1n) is 8.97. The average molecular weight is 378 g/mol. The number of hydrogen-bond acceptors (Lipinski definition) is 4. The van der Waals surface area contributed by atoms with Crippen LogP contribution in [0.3, 0.4) is 0 Å². The summed E-state index contributed by atoms with van der Waals surface area (Å²) in [4.78, 5) is 12.2. The summed E-state index contributed by atoms with van der Waals surface area (Å²) >= 11 is 1.38. The lowest BCUT2D eigenvalue weighted by Crippen LogP contribution is -2.14. The minimum Gasteiger partial charge on any atom is -0.325 e. The molecule has 4 nitrogen and oxygen atoms in total. The molecular weight excluding hydrogens is 354 g/mol. The van der Waals surface area contributed by atoms with Gasteiger partial charge in [-0.1, -0.05) is 49.0 Å². The lowest BCUT2D eigenvalue weighted by molar-refractivity contribution is -0.113. The van der Waals surface area contributed by atoms with Gasteiger partial charge < -0.3 is 5.32 Å². The fourth-order valence-electron chi connectivity index (χ4n) is 2.85. The van der Waals surface area contributed by atoms with E-state index in [1.807, 2.05) is 38.1 Å². The van der Waals surface area contributed by atoms with E-state index in [0.717, 1.165) is 39.5 Å². The third-order valence-corrected chi connectivity index (χ3v) is 5.07. The van der Waals surface area contributed by atoms with Crippen molar-refractivity contribution in [1.29, 1.82) is 0 Å². The van der Waals surface area contributed by atoms with Gasteiger partial charge in [-0.05, 0) is 61.2 Å². The summed E-state index contributed by atoms with van der Waals surface area (Å²) in [6, 6.07) is 18.2. The van der Waals surface area contributed by atoms with Gasteiger partial charge in [0.1, 0.15) is 5.03 Å².